The van der Waals surface area contributed by atoms with Crippen LogP contribution in [0, 0.1) is 0 Å². The minimum Gasteiger partial charge on any atom is -0.463 e. The third-order valence-electron chi connectivity index (χ3n) is 2.23. The molecule has 0 aliphatic carbocycles. The van der Waals surface area contributed by atoms with Crippen molar-refractivity contribution in [3.63, 3.8) is 0 Å². The molecule has 5 N–H and O–H groups in total. The smallest absolute Gasteiger partial charge is 0.225 e. The highest BCUT2D eigenvalue weighted by Crippen LogP contribution is 1.98. The normalized spacial score (nSPS) is 12.5. The van der Waals surface area contributed by atoms with Gasteiger partial charge in [0.1, 0.15) is 13.1 Å². The van der Waals surface area contributed by atoms with Crippen LogP contribution < -0.4 is 16.4 Å². The zero-order chi connectivity index (χ0) is 12.3. The maximum absolute atomic E-state index is 5.50. The molecule has 0 fully saturated rings. The van der Waals surface area contributed by atoms with Gasteiger partial charge in [-0.25, -0.2) is 0 Å². The summed E-state index contributed by atoms with van der Waals surface area (Å²) in [6, 6.07) is 3.79. The first-order valence-electron chi connectivity index (χ1n) is 5.23. The molecule has 0 radical (unpaired) electrons. The highest BCUT2D eigenvalue weighted by atomic mass is 16.3. The van der Waals surface area contributed by atoms with Crippen molar-refractivity contribution >= 4 is 11.9 Å². The number of nitrogens with one attached hydrogen (secondary N) is 1. The standard InChI is InChI=1S/C10H14N6O/c1-16(5-7-3-2-4-17-7)6-8-13-9(11)15-10(12)14-8/h2-4H,5-6H2,1H3,(H4,11,12,13,14,15)/p+1. The first-order chi connectivity index (χ1) is 8.13. The summed E-state index contributed by atoms with van der Waals surface area (Å²) in [6.07, 6.45) is 1.65. The Balaban J connectivity index is 2.00. The van der Waals surface area contributed by atoms with Gasteiger partial charge in [0.25, 0.3) is 0 Å². The van der Waals surface area contributed by atoms with Gasteiger partial charge in [-0.1, -0.05) is 0 Å². The van der Waals surface area contributed by atoms with Gasteiger partial charge in [-0.05, 0) is 12.1 Å². The van der Waals surface area contributed by atoms with Gasteiger partial charge in [0, 0.05) is 0 Å². The van der Waals surface area contributed by atoms with Crippen LogP contribution in [0.4, 0.5) is 11.9 Å². The van der Waals surface area contributed by atoms with Gasteiger partial charge in [0.05, 0.1) is 13.3 Å². The Kier molecular flexibility index (Phi) is 3.20. The molecule has 0 saturated heterocycles. The predicted molar refractivity (Wildman–Crippen MR) is 61.7 cm³/mol. The fraction of sp³-hybridized carbons (Fsp3) is 0.300. The fourth-order valence-corrected chi connectivity index (χ4v) is 1.58. The molecule has 17 heavy (non-hydrogen) atoms. The van der Waals surface area contributed by atoms with E-state index in [1.807, 2.05) is 19.2 Å². The number of anilines is 2. The van der Waals surface area contributed by atoms with Gasteiger partial charge in [-0.3, -0.25) is 0 Å². The number of rotatable bonds is 4. The maximum atomic E-state index is 5.50. The number of nitrogen functional groups attached to an aromatic ring is 2. The number of quaternary nitrogens is 1. The van der Waals surface area contributed by atoms with Crippen molar-refractivity contribution in [2.24, 2.45) is 0 Å². The van der Waals surface area contributed by atoms with Gasteiger partial charge in [0.15, 0.2) is 11.6 Å². The van der Waals surface area contributed by atoms with Crippen LogP contribution in [-0.2, 0) is 13.1 Å². The number of nitrogens with two attached hydrogens (primary N) is 2. The van der Waals surface area contributed by atoms with Gasteiger partial charge < -0.3 is 20.8 Å². The van der Waals surface area contributed by atoms with Crippen molar-refractivity contribution < 1.29 is 9.32 Å². The van der Waals surface area contributed by atoms with Crippen molar-refractivity contribution in [1.82, 2.24) is 15.0 Å². The number of aromatic nitrogens is 3. The number of hydrogen-bond acceptors (Lipinski definition) is 6. The van der Waals surface area contributed by atoms with E-state index in [4.69, 9.17) is 15.9 Å². The molecule has 2 rings (SSSR count). The summed E-state index contributed by atoms with van der Waals surface area (Å²) in [5.74, 6) is 1.80. The molecule has 2 aromatic rings. The molecule has 0 bridgehead atoms. The highest BCUT2D eigenvalue weighted by Gasteiger charge is 2.10. The summed E-state index contributed by atoms with van der Waals surface area (Å²) in [4.78, 5) is 12.9. The minimum absolute atomic E-state index is 0.151. The predicted octanol–water partition coefficient (Wildman–Crippen LogP) is -1.16. The molecule has 90 valence electrons. The number of furan rings is 1. The Hall–Kier alpha value is -2.15. The van der Waals surface area contributed by atoms with Crippen LogP contribution in [-0.4, -0.2) is 22.0 Å². The van der Waals surface area contributed by atoms with E-state index in [9.17, 15) is 0 Å². The summed E-state index contributed by atoms with van der Waals surface area (Å²) >= 11 is 0. The Morgan fingerprint density at radius 2 is 1.88 bits per heavy atom. The second-order valence-corrected chi connectivity index (χ2v) is 3.86. The Morgan fingerprint density at radius 1 is 1.18 bits per heavy atom. The Morgan fingerprint density at radius 3 is 2.47 bits per heavy atom. The summed E-state index contributed by atoms with van der Waals surface area (Å²) in [6.45, 7) is 1.36. The average molecular weight is 235 g/mol. The van der Waals surface area contributed by atoms with Crippen molar-refractivity contribution in [1.29, 1.82) is 0 Å². The van der Waals surface area contributed by atoms with Gasteiger partial charge in [0.2, 0.25) is 11.9 Å². The minimum atomic E-state index is 0.151. The molecular weight excluding hydrogens is 220 g/mol. The molecule has 1 atom stereocenters. The lowest BCUT2D eigenvalue weighted by atomic mass is 10.4. The summed E-state index contributed by atoms with van der Waals surface area (Å²) < 4.78 is 5.27. The fourth-order valence-electron chi connectivity index (χ4n) is 1.58. The van der Waals surface area contributed by atoms with E-state index in [0.717, 1.165) is 12.3 Å². The monoisotopic (exact) mass is 235 g/mol. The lowest BCUT2D eigenvalue weighted by Gasteiger charge is -2.11. The molecule has 0 amide bonds. The van der Waals surface area contributed by atoms with Gasteiger partial charge in [-0.15, -0.1) is 0 Å². The van der Waals surface area contributed by atoms with Crippen molar-refractivity contribution in [2.75, 3.05) is 18.5 Å². The van der Waals surface area contributed by atoms with E-state index < -0.39 is 0 Å². The summed E-state index contributed by atoms with van der Waals surface area (Å²) in [7, 11) is 2.01. The highest BCUT2D eigenvalue weighted by molar-refractivity contribution is 5.25. The van der Waals surface area contributed by atoms with Crippen LogP contribution in [0.2, 0.25) is 0 Å². The van der Waals surface area contributed by atoms with E-state index in [0.29, 0.717) is 12.4 Å². The van der Waals surface area contributed by atoms with Gasteiger partial charge in [-0.2, -0.15) is 15.0 Å². The molecule has 7 nitrogen and oxygen atoms in total. The van der Waals surface area contributed by atoms with Crippen LogP contribution in [0.3, 0.4) is 0 Å². The van der Waals surface area contributed by atoms with Crippen LogP contribution in [0.1, 0.15) is 11.6 Å². The largest absolute Gasteiger partial charge is 0.463 e. The van der Waals surface area contributed by atoms with Crippen LogP contribution in [0.15, 0.2) is 22.8 Å². The lowest BCUT2D eigenvalue weighted by Crippen LogP contribution is -3.06. The SMILES string of the molecule is C[NH+](Cc1nc(N)nc(N)n1)Cc1ccco1. The molecular formula is C10H15N6O+. The third kappa shape index (κ3) is 3.15. The van der Waals surface area contributed by atoms with Crippen molar-refractivity contribution in [3.8, 4) is 0 Å². The lowest BCUT2D eigenvalue weighted by molar-refractivity contribution is -0.909. The first kappa shape index (κ1) is 11.3. The summed E-state index contributed by atoms with van der Waals surface area (Å²) in [5.41, 5.74) is 11.0. The third-order valence-corrected chi connectivity index (χ3v) is 2.23. The Bertz CT molecular complexity index is 463. The maximum Gasteiger partial charge on any atom is 0.225 e. The molecule has 0 spiro atoms. The second kappa shape index (κ2) is 4.79. The van der Waals surface area contributed by atoms with Crippen molar-refractivity contribution in [3.05, 3.63) is 30.0 Å². The second-order valence-electron chi connectivity index (χ2n) is 3.86. The molecule has 0 saturated carbocycles. The molecule has 0 aliphatic heterocycles. The Labute approximate surface area is 98.5 Å². The average Bonchev–Trinajstić information content (AvgIpc) is 2.67. The van der Waals surface area contributed by atoms with E-state index >= 15 is 0 Å². The van der Waals surface area contributed by atoms with E-state index in [2.05, 4.69) is 15.0 Å². The van der Waals surface area contributed by atoms with Crippen LogP contribution in [0.25, 0.3) is 0 Å². The number of nitrogens with zero attached hydrogens (tertiary/aromatic N) is 3. The molecule has 7 heteroatoms. The van der Waals surface area contributed by atoms with E-state index in [-0.39, 0.29) is 11.9 Å². The molecule has 2 aromatic heterocycles. The quantitative estimate of drug-likeness (QED) is 0.617. The summed E-state index contributed by atoms with van der Waals surface area (Å²) in [5, 5.41) is 0. The van der Waals surface area contributed by atoms with E-state index in [1.54, 1.807) is 6.26 Å². The number of hydrogen-bond donors (Lipinski definition) is 3. The topological polar surface area (TPSA) is 108 Å². The van der Waals surface area contributed by atoms with E-state index in [1.165, 1.54) is 4.90 Å². The molecule has 0 aliphatic rings. The van der Waals surface area contributed by atoms with Crippen LogP contribution >= 0.6 is 0 Å². The van der Waals surface area contributed by atoms with Crippen LogP contribution in [0.5, 0.6) is 0 Å². The molecule has 1 unspecified atom stereocenters. The first-order valence-corrected chi connectivity index (χ1v) is 5.23. The molecule has 0 aromatic carbocycles. The zero-order valence-electron chi connectivity index (χ0n) is 9.55. The van der Waals surface area contributed by atoms with Crippen molar-refractivity contribution in [2.45, 2.75) is 13.1 Å². The zero-order valence-corrected chi connectivity index (χ0v) is 9.55. The molecule has 2 heterocycles. The van der Waals surface area contributed by atoms with Gasteiger partial charge >= 0.3 is 0 Å².